The number of ether oxygens (including phenoxy) is 1. The summed E-state index contributed by atoms with van der Waals surface area (Å²) in [4.78, 5) is 26.1. The zero-order valence-corrected chi connectivity index (χ0v) is 13.3. The molecule has 0 N–H and O–H groups in total. The molecule has 1 atom stereocenters. The Kier molecular flexibility index (Phi) is 3.65. The van der Waals surface area contributed by atoms with E-state index in [1.54, 1.807) is 24.7 Å². The fraction of sp³-hybridized carbons (Fsp3) is 0.375. The molecule has 0 aromatic carbocycles. The lowest BCUT2D eigenvalue weighted by Crippen LogP contribution is -2.61. The fourth-order valence-corrected chi connectivity index (χ4v) is 4.60. The number of rotatable bonds is 3. The van der Waals surface area contributed by atoms with Gasteiger partial charge >= 0.3 is 0 Å². The van der Waals surface area contributed by atoms with Crippen molar-refractivity contribution in [3.05, 3.63) is 48.8 Å². The number of aromatic nitrogens is 3. The third-order valence-electron chi connectivity index (χ3n) is 4.16. The summed E-state index contributed by atoms with van der Waals surface area (Å²) >= 11 is 1.90. The summed E-state index contributed by atoms with van der Waals surface area (Å²) in [5, 5.41) is 0. The van der Waals surface area contributed by atoms with Crippen LogP contribution in [0, 0.1) is 0 Å². The maximum atomic E-state index is 12.3. The van der Waals surface area contributed by atoms with Crippen molar-refractivity contribution < 1.29 is 9.53 Å². The monoisotopic (exact) mass is 328 g/mol. The first-order valence-electron chi connectivity index (χ1n) is 7.50. The van der Waals surface area contributed by atoms with Crippen LogP contribution in [0.3, 0.4) is 0 Å². The molecule has 0 bridgehead atoms. The molecule has 6 nitrogen and oxygen atoms in total. The van der Waals surface area contributed by atoms with Gasteiger partial charge in [-0.05, 0) is 18.2 Å². The smallest absolute Gasteiger partial charge is 0.272 e. The van der Waals surface area contributed by atoms with Crippen molar-refractivity contribution in [2.45, 2.75) is 17.3 Å². The zero-order chi connectivity index (χ0) is 15.7. The Hall–Kier alpha value is -2.15. The molecule has 1 spiro atoms. The highest BCUT2D eigenvalue weighted by molar-refractivity contribution is 8.01. The lowest BCUT2D eigenvalue weighted by Gasteiger charge is -2.47. The normalized spacial score (nSPS) is 21.9. The molecule has 118 valence electrons. The highest BCUT2D eigenvalue weighted by Crippen LogP contribution is 2.46. The molecule has 0 saturated carbocycles. The summed E-state index contributed by atoms with van der Waals surface area (Å²) in [6.45, 7) is 1.51. The van der Waals surface area contributed by atoms with E-state index in [0.717, 1.165) is 31.0 Å². The van der Waals surface area contributed by atoms with Crippen LogP contribution >= 0.6 is 11.8 Å². The summed E-state index contributed by atoms with van der Waals surface area (Å²) in [6, 6.07) is 5.45. The van der Waals surface area contributed by atoms with E-state index in [1.807, 2.05) is 28.8 Å². The Morgan fingerprint density at radius 3 is 2.96 bits per heavy atom. The second-order valence-corrected chi connectivity index (χ2v) is 7.37. The SMILES string of the molecule is O=C(c1ccncn1)N1CC2(C[C@H](Oc3cccnc3)CS2)C1. The van der Waals surface area contributed by atoms with Crippen molar-refractivity contribution >= 4 is 17.7 Å². The van der Waals surface area contributed by atoms with Gasteiger partial charge in [-0.1, -0.05) is 0 Å². The number of likely N-dealkylation sites (tertiary alicyclic amines) is 1. The topological polar surface area (TPSA) is 68.2 Å². The molecule has 2 aromatic heterocycles. The number of amides is 1. The number of pyridine rings is 1. The molecule has 2 aliphatic rings. The zero-order valence-electron chi connectivity index (χ0n) is 12.5. The largest absolute Gasteiger partial charge is 0.488 e. The maximum absolute atomic E-state index is 12.3. The standard InChI is InChI=1S/C16H16N4O2S/c21-15(14-3-5-18-11-19-14)20-9-16(10-20)6-13(8-23-16)22-12-2-1-4-17-7-12/h1-5,7,11,13H,6,8-10H2/t13-/m0/s1. The summed E-state index contributed by atoms with van der Waals surface area (Å²) in [6.07, 6.45) is 7.62. The number of carbonyl (C=O) groups is 1. The molecule has 0 aliphatic carbocycles. The molecule has 4 rings (SSSR count). The predicted octanol–water partition coefficient (Wildman–Crippen LogP) is 1.65. The molecule has 2 fully saturated rings. The predicted molar refractivity (Wildman–Crippen MR) is 86.4 cm³/mol. The van der Waals surface area contributed by atoms with Crippen molar-refractivity contribution in [3.8, 4) is 5.75 Å². The number of hydrogen-bond donors (Lipinski definition) is 0. The molecule has 23 heavy (non-hydrogen) atoms. The second-order valence-electron chi connectivity index (χ2n) is 5.88. The molecule has 2 saturated heterocycles. The second kappa shape index (κ2) is 5.81. The third kappa shape index (κ3) is 2.88. The molecule has 0 radical (unpaired) electrons. The van der Waals surface area contributed by atoms with E-state index in [2.05, 4.69) is 15.0 Å². The fourth-order valence-electron chi connectivity index (χ4n) is 3.08. The Labute approximate surface area is 138 Å². The Bertz CT molecular complexity index is 692. The van der Waals surface area contributed by atoms with Gasteiger partial charge in [0.1, 0.15) is 23.9 Å². The van der Waals surface area contributed by atoms with Crippen molar-refractivity contribution in [1.29, 1.82) is 0 Å². The van der Waals surface area contributed by atoms with Crippen LogP contribution in [0.1, 0.15) is 16.9 Å². The Balaban J connectivity index is 1.34. The van der Waals surface area contributed by atoms with Gasteiger partial charge in [-0.2, -0.15) is 0 Å². The maximum Gasteiger partial charge on any atom is 0.272 e. The summed E-state index contributed by atoms with van der Waals surface area (Å²) in [7, 11) is 0. The van der Waals surface area contributed by atoms with Crippen molar-refractivity contribution in [2.75, 3.05) is 18.8 Å². The molecular formula is C16H16N4O2S. The van der Waals surface area contributed by atoms with Crippen LogP contribution in [0.4, 0.5) is 0 Å². The number of thioether (sulfide) groups is 1. The third-order valence-corrected chi connectivity index (χ3v) is 5.73. The van der Waals surface area contributed by atoms with Gasteiger partial charge < -0.3 is 9.64 Å². The number of hydrogen-bond acceptors (Lipinski definition) is 6. The van der Waals surface area contributed by atoms with E-state index in [1.165, 1.54) is 6.33 Å². The van der Waals surface area contributed by atoms with Crippen LogP contribution in [0.25, 0.3) is 0 Å². The van der Waals surface area contributed by atoms with Crippen LogP contribution in [-0.2, 0) is 0 Å². The lowest BCUT2D eigenvalue weighted by molar-refractivity contribution is 0.0512. The van der Waals surface area contributed by atoms with E-state index < -0.39 is 0 Å². The Morgan fingerprint density at radius 2 is 2.22 bits per heavy atom. The highest BCUT2D eigenvalue weighted by atomic mass is 32.2. The molecule has 1 amide bonds. The van der Waals surface area contributed by atoms with Gasteiger partial charge in [0.2, 0.25) is 0 Å². The quantitative estimate of drug-likeness (QED) is 0.853. The molecule has 2 aliphatic heterocycles. The van der Waals surface area contributed by atoms with E-state index in [4.69, 9.17) is 4.74 Å². The van der Waals surface area contributed by atoms with E-state index >= 15 is 0 Å². The van der Waals surface area contributed by atoms with Gasteiger partial charge in [0.05, 0.1) is 10.9 Å². The van der Waals surface area contributed by atoms with E-state index in [9.17, 15) is 4.79 Å². The van der Waals surface area contributed by atoms with Gasteiger partial charge in [-0.25, -0.2) is 9.97 Å². The van der Waals surface area contributed by atoms with Crippen LogP contribution in [0.2, 0.25) is 0 Å². The Morgan fingerprint density at radius 1 is 1.30 bits per heavy atom. The average Bonchev–Trinajstić information content (AvgIpc) is 2.99. The minimum Gasteiger partial charge on any atom is -0.488 e. The van der Waals surface area contributed by atoms with Gasteiger partial charge in [0, 0.05) is 37.7 Å². The first-order chi connectivity index (χ1) is 11.2. The van der Waals surface area contributed by atoms with E-state index in [0.29, 0.717) is 5.69 Å². The minimum atomic E-state index is -0.0183. The van der Waals surface area contributed by atoms with E-state index in [-0.39, 0.29) is 16.8 Å². The van der Waals surface area contributed by atoms with Gasteiger partial charge in [0.25, 0.3) is 5.91 Å². The summed E-state index contributed by atoms with van der Waals surface area (Å²) in [5.41, 5.74) is 0.459. The van der Waals surface area contributed by atoms with Gasteiger partial charge in [-0.15, -0.1) is 11.8 Å². The highest BCUT2D eigenvalue weighted by Gasteiger charge is 2.51. The van der Waals surface area contributed by atoms with Crippen LogP contribution in [0.15, 0.2) is 43.1 Å². The van der Waals surface area contributed by atoms with Crippen LogP contribution < -0.4 is 4.74 Å². The minimum absolute atomic E-state index is 0.0183. The van der Waals surface area contributed by atoms with Crippen molar-refractivity contribution in [1.82, 2.24) is 19.9 Å². The lowest BCUT2D eigenvalue weighted by atomic mass is 9.92. The van der Waals surface area contributed by atoms with Crippen molar-refractivity contribution in [2.24, 2.45) is 0 Å². The summed E-state index contributed by atoms with van der Waals surface area (Å²) < 4.78 is 6.11. The van der Waals surface area contributed by atoms with Gasteiger partial charge in [-0.3, -0.25) is 9.78 Å². The number of carbonyl (C=O) groups excluding carboxylic acids is 1. The van der Waals surface area contributed by atoms with Crippen LogP contribution in [0.5, 0.6) is 5.75 Å². The first kappa shape index (κ1) is 14.4. The molecular weight excluding hydrogens is 312 g/mol. The average molecular weight is 328 g/mol. The molecule has 4 heterocycles. The molecule has 0 unspecified atom stereocenters. The summed E-state index contributed by atoms with van der Waals surface area (Å²) in [5.74, 6) is 1.74. The first-order valence-corrected chi connectivity index (χ1v) is 8.49. The van der Waals surface area contributed by atoms with Crippen LogP contribution in [-0.4, -0.2) is 55.5 Å². The van der Waals surface area contributed by atoms with Gasteiger partial charge in [0.15, 0.2) is 0 Å². The molecule has 2 aromatic rings. The molecule has 7 heteroatoms. The van der Waals surface area contributed by atoms with Crippen molar-refractivity contribution in [3.63, 3.8) is 0 Å². The number of nitrogens with zero attached hydrogens (tertiary/aromatic N) is 4.